The van der Waals surface area contributed by atoms with Crippen LogP contribution in [0.4, 0.5) is 10.6 Å². The Labute approximate surface area is 204 Å². The number of aryl methyl sites for hydroxylation is 1. The van der Waals surface area contributed by atoms with E-state index in [0.717, 1.165) is 27.2 Å². The topological polar surface area (TPSA) is 58.6 Å². The Hall–Kier alpha value is -2.38. The minimum Gasteiger partial charge on any atom is -0.444 e. The van der Waals surface area contributed by atoms with Gasteiger partial charge in [-0.25, -0.2) is 9.78 Å². The summed E-state index contributed by atoms with van der Waals surface area (Å²) in [6, 6.07) is 8.75. The quantitative estimate of drug-likeness (QED) is 0.395. The molecule has 1 aliphatic rings. The second-order valence-electron chi connectivity index (χ2n) is 9.76. The predicted octanol–water partition coefficient (Wildman–Crippen LogP) is 6.50. The molecular weight excluding hydrogens is 456 g/mol. The standard InChI is InChI=1S/C25H31ClN4O2S/c1-15(2)17-7-9-18(10-8-17)19-16(3)33-22-20(19)21(27-23(26)28-22)29-11-13-30(14-12-29)24(31)32-25(4,5)6/h7-10,15H,11-14H2,1-6H3. The molecule has 4 rings (SSSR count). The molecule has 1 fully saturated rings. The van der Waals surface area contributed by atoms with Gasteiger partial charge in [0.25, 0.3) is 0 Å². The minimum absolute atomic E-state index is 0.245. The SMILES string of the molecule is Cc1sc2nc(Cl)nc(N3CCN(C(=O)OC(C)(C)C)CC3)c2c1-c1ccc(C(C)C)cc1. The van der Waals surface area contributed by atoms with Crippen LogP contribution in [0.5, 0.6) is 0 Å². The zero-order chi connectivity index (χ0) is 23.9. The van der Waals surface area contributed by atoms with Gasteiger partial charge in [-0.3, -0.25) is 0 Å². The lowest BCUT2D eigenvalue weighted by Crippen LogP contribution is -2.50. The second-order valence-corrected chi connectivity index (χ2v) is 11.3. The van der Waals surface area contributed by atoms with Gasteiger partial charge >= 0.3 is 6.09 Å². The van der Waals surface area contributed by atoms with Crippen LogP contribution in [0.1, 0.15) is 51.0 Å². The van der Waals surface area contributed by atoms with Crippen LogP contribution in [0.15, 0.2) is 24.3 Å². The zero-order valence-electron chi connectivity index (χ0n) is 20.1. The van der Waals surface area contributed by atoms with Crippen molar-refractivity contribution in [3.8, 4) is 11.1 Å². The highest BCUT2D eigenvalue weighted by atomic mass is 35.5. The molecule has 8 heteroatoms. The van der Waals surface area contributed by atoms with E-state index in [-0.39, 0.29) is 11.4 Å². The van der Waals surface area contributed by atoms with Gasteiger partial charge in [0.15, 0.2) is 0 Å². The molecule has 6 nitrogen and oxygen atoms in total. The predicted molar refractivity (Wildman–Crippen MR) is 137 cm³/mol. The number of hydrogen-bond acceptors (Lipinski definition) is 6. The van der Waals surface area contributed by atoms with Crippen molar-refractivity contribution in [3.05, 3.63) is 40.0 Å². The first-order valence-electron chi connectivity index (χ1n) is 11.3. The van der Waals surface area contributed by atoms with E-state index >= 15 is 0 Å². The molecule has 3 aromatic rings. The molecule has 0 unspecified atom stereocenters. The number of hydrogen-bond donors (Lipinski definition) is 0. The molecule has 0 saturated carbocycles. The molecule has 1 saturated heterocycles. The fourth-order valence-electron chi connectivity index (χ4n) is 4.11. The molecule has 3 heterocycles. The summed E-state index contributed by atoms with van der Waals surface area (Å²) in [5.41, 5.74) is 3.12. The number of benzene rings is 1. The van der Waals surface area contributed by atoms with Crippen LogP contribution in [0.2, 0.25) is 5.28 Å². The average molecular weight is 487 g/mol. The van der Waals surface area contributed by atoms with Gasteiger partial charge < -0.3 is 14.5 Å². The molecule has 1 amide bonds. The van der Waals surface area contributed by atoms with Crippen molar-refractivity contribution in [1.82, 2.24) is 14.9 Å². The van der Waals surface area contributed by atoms with E-state index in [4.69, 9.17) is 16.3 Å². The summed E-state index contributed by atoms with van der Waals surface area (Å²) in [4.78, 5) is 27.7. The number of aromatic nitrogens is 2. The van der Waals surface area contributed by atoms with Crippen LogP contribution < -0.4 is 4.90 Å². The summed E-state index contributed by atoms with van der Waals surface area (Å²) < 4.78 is 5.54. The first kappa shape index (κ1) is 23.8. The first-order chi connectivity index (χ1) is 15.5. The van der Waals surface area contributed by atoms with Gasteiger partial charge in [-0.05, 0) is 56.3 Å². The maximum atomic E-state index is 12.5. The summed E-state index contributed by atoms with van der Waals surface area (Å²) in [5.74, 6) is 1.32. The van der Waals surface area contributed by atoms with Gasteiger partial charge in [0, 0.05) is 36.6 Å². The van der Waals surface area contributed by atoms with Gasteiger partial charge in [-0.1, -0.05) is 38.1 Å². The lowest BCUT2D eigenvalue weighted by molar-refractivity contribution is 0.0240. The van der Waals surface area contributed by atoms with Gasteiger partial charge in [0.1, 0.15) is 16.2 Å². The fraction of sp³-hybridized carbons (Fsp3) is 0.480. The molecule has 176 valence electrons. The van der Waals surface area contributed by atoms with E-state index in [1.54, 1.807) is 16.2 Å². The molecule has 0 spiro atoms. The Bertz CT molecular complexity index is 1160. The van der Waals surface area contributed by atoms with Crippen LogP contribution in [0, 0.1) is 6.92 Å². The Morgan fingerprint density at radius 2 is 1.73 bits per heavy atom. The number of rotatable bonds is 3. The number of fused-ring (bicyclic) bond motifs is 1. The highest BCUT2D eigenvalue weighted by Gasteiger charge is 2.29. The van der Waals surface area contributed by atoms with E-state index < -0.39 is 5.60 Å². The molecule has 0 bridgehead atoms. The van der Waals surface area contributed by atoms with Crippen molar-refractivity contribution >= 4 is 45.1 Å². The third kappa shape index (κ3) is 5.09. The Morgan fingerprint density at radius 3 is 2.30 bits per heavy atom. The lowest BCUT2D eigenvalue weighted by atomic mass is 9.97. The Morgan fingerprint density at radius 1 is 1.09 bits per heavy atom. The molecule has 0 N–H and O–H groups in total. The van der Waals surface area contributed by atoms with E-state index in [2.05, 4.69) is 59.9 Å². The van der Waals surface area contributed by atoms with E-state index in [9.17, 15) is 4.79 Å². The summed E-state index contributed by atoms with van der Waals surface area (Å²) in [7, 11) is 0. The van der Waals surface area contributed by atoms with Crippen LogP contribution >= 0.6 is 22.9 Å². The minimum atomic E-state index is -0.505. The number of piperazine rings is 1. The van der Waals surface area contributed by atoms with Crippen molar-refractivity contribution in [2.24, 2.45) is 0 Å². The Kier molecular flexibility index (Phi) is 6.56. The van der Waals surface area contributed by atoms with Crippen LogP contribution in [0.25, 0.3) is 21.3 Å². The van der Waals surface area contributed by atoms with Crippen molar-refractivity contribution in [1.29, 1.82) is 0 Å². The summed E-state index contributed by atoms with van der Waals surface area (Å²) in [6.07, 6.45) is -0.273. The second kappa shape index (κ2) is 9.11. The van der Waals surface area contributed by atoms with Gasteiger partial charge in [-0.2, -0.15) is 4.98 Å². The van der Waals surface area contributed by atoms with Crippen LogP contribution in [0.3, 0.4) is 0 Å². The molecule has 0 aliphatic carbocycles. The maximum absolute atomic E-state index is 12.5. The van der Waals surface area contributed by atoms with Crippen molar-refractivity contribution in [3.63, 3.8) is 0 Å². The van der Waals surface area contributed by atoms with E-state index in [1.165, 1.54) is 10.4 Å². The number of thiophene rings is 1. The van der Waals surface area contributed by atoms with Gasteiger partial charge in [0.2, 0.25) is 5.28 Å². The smallest absolute Gasteiger partial charge is 0.410 e. The van der Waals surface area contributed by atoms with E-state index in [0.29, 0.717) is 32.1 Å². The van der Waals surface area contributed by atoms with Crippen LogP contribution in [-0.2, 0) is 4.74 Å². The number of carbonyl (C=O) groups excluding carboxylic acids is 1. The fourth-order valence-corrected chi connectivity index (χ4v) is 5.36. The number of carbonyl (C=O) groups is 1. The molecular formula is C25H31ClN4O2S. The monoisotopic (exact) mass is 486 g/mol. The zero-order valence-corrected chi connectivity index (χ0v) is 21.7. The summed E-state index contributed by atoms with van der Waals surface area (Å²) in [6.45, 7) is 14.6. The average Bonchev–Trinajstić information content (AvgIpc) is 3.07. The highest BCUT2D eigenvalue weighted by Crippen LogP contribution is 2.42. The van der Waals surface area contributed by atoms with Crippen LogP contribution in [-0.4, -0.2) is 52.7 Å². The third-order valence-corrected chi connectivity index (χ3v) is 6.95. The van der Waals surface area contributed by atoms with E-state index in [1.807, 2.05) is 20.8 Å². The molecule has 33 heavy (non-hydrogen) atoms. The van der Waals surface area contributed by atoms with Crippen molar-refractivity contribution in [2.75, 3.05) is 31.1 Å². The van der Waals surface area contributed by atoms with Gasteiger partial charge in [-0.15, -0.1) is 11.3 Å². The first-order valence-corrected chi connectivity index (χ1v) is 12.5. The molecule has 1 aliphatic heterocycles. The number of anilines is 1. The summed E-state index contributed by atoms with van der Waals surface area (Å²) in [5, 5.41) is 1.28. The largest absolute Gasteiger partial charge is 0.444 e. The molecule has 1 aromatic carbocycles. The number of nitrogens with zero attached hydrogens (tertiary/aromatic N) is 4. The summed E-state index contributed by atoms with van der Waals surface area (Å²) >= 11 is 7.97. The highest BCUT2D eigenvalue weighted by molar-refractivity contribution is 7.19. The number of halogens is 1. The van der Waals surface area contributed by atoms with Crippen molar-refractivity contribution in [2.45, 2.75) is 53.1 Å². The molecule has 0 atom stereocenters. The molecule has 2 aromatic heterocycles. The molecule has 0 radical (unpaired) electrons. The maximum Gasteiger partial charge on any atom is 0.410 e. The van der Waals surface area contributed by atoms with Crippen molar-refractivity contribution < 1.29 is 9.53 Å². The number of ether oxygens (including phenoxy) is 1. The Balaban J connectivity index is 1.67. The normalized spacial score (nSPS) is 14.9. The third-order valence-electron chi connectivity index (χ3n) is 5.78. The number of amides is 1. The lowest BCUT2D eigenvalue weighted by Gasteiger charge is -2.36. The van der Waals surface area contributed by atoms with Gasteiger partial charge in [0.05, 0.1) is 5.39 Å².